The van der Waals surface area contributed by atoms with E-state index in [9.17, 15) is 9.18 Å². The Balaban J connectivity index is 1.88. The third-order valence-electron chi connectivity index (χ3n) is 4.29. The summed E-state index contributed by atoms with van der Waals surface area (Å²) in [6.45, 7) is 1.85. The number of rotatable bonds is 4. The van der Waals surface area contributed by atoms with E-state index in [4.69, 9.17) is 5.73 Å². The Labute approximate surface area is 155 Å². The number of fused-ring (bicyclic) bond motifs is 1. The largest absolute Gasteiger partial charge is 0.394 e. The molecule has 1 unspecified atom stereocenters. The van der Waals surface area contributed by atoms with Crippen molar-refractivity contribution in [1.29, 1.82) is 0 Å². The van der Waals surface area contributed by atoms with Gasteiger partial charge in [-0.25, -0.2) is 9.37 Å². The number of benzene rings is 1. The molecule has 1 aromatic heterocycles. The second-order valence-electron chi connectivity index (χ2n) is 5.89. The lowest BCUT2D eigenvalue weighted by molar-refractivity contribution is -0.130. The van der Waals surface area contributed by atoms with Crippen LogP contribution >= 0.6 is 11.3 Å². The monoisotopic (exact) mass is 373 g/mol. The normalized spacial score (nSPS) is 20.7. The highest BCUT2D eigenvalue weighted by atomic mass is 32.1. The maximum atomic E-state index is 14.5. The number of alkyl halides is 1. The van der Waals surface area contributed by atoms with Gasteiger partial charge in [0, 0.05) is 18.6 Å². The summed E-state index contributed by atoms with van der Waals surface area (Å²) < 4.78 is 14.5. The Bertz CT molecular complexity index is 849. The van der Waals surface area contributed by atoms with E-state index in [0.29, 0.717) is 16.3 Å². The van der Waals surface area contributed by atoms with Crippen LogP contribution in [0.3, 0.4) is 0 Å². The van der Waals surface area contributed by atoms with Crippen LogP contribution in [0.4, 0.5) is 4.39 Å². The number of hydrazone groups is 1. The average molecular weight is 373 g/mol. The standard InChI is InChI=1S/C18H20FN5OS/c1-11-12-5-3-4-6-13(12)14(19)10-24(11)18(25)15(20)9-16(23-21-2)17-22-7-8-26-17/h3-9,11,14,21H,10,20H2,1-2H3/t11-,14?/m1/s1. The van der Waals surface area contributed by atoms with E-state index in [1.807, 2.05) is 24.4 Å². The minimum atomic E-state index is -1.23. The molecule has 6 nitrogen and oxygen atoms in total. The summed E-state index contributed by atoms with van der Waals surface area (Å²) in [5.41, 5.74) is 10.6. The number of allylic oxidation sites excluding steroid dienone is 1. The Morgan fingerprint density at radius 1 is 1.46 bits per heavy atom. The van der Waals surface area contributed by atoms with Crippen LogP contribution in [0.25, 0.3) is 0 Å². The third-order valence-corrected chi connectivity index (χ3v) is 5.09. The molecule has 1 amide bonds. The number of nitrogens with zero attached hydrogens (tertiary/aromatic N) is 3. The molecule has 1 aliphatic rings. The van der Waals surface area contributed by atoms with Gasteiger partial charge in [-0.2, -0.15) is 5.10 Å². The van der Waals surface area contributed by atoms with Crippen molar-refractivity contribution in [3.05, 3.63) is 63.7 Å². The number of carbonyl (C=O) groups is 1. The molecule has 0 radical (unpaired) electrons. The van der Waals surface area contributed by atoms with Gasteiger partial charge in [0.1, 0.15) is 16.9 Å². The number of aromatic nitrogens is 1. The van der Waals surface area contributed by atoms with Crippen LogP contribution < -0.4 is 11.2 Å². The number of nitrogens with one attached hydrogen (secondary N) is 1. The van der Waals surface area contributed by atoms with E-state index in [0.717, 1.165) is 5.56 Å². The first-order chi connectivity index (χ1) is 12.5. The summed E-state index contributed by atoms with van der Waals surface area (Å²) in [5, 5.41) is 6.56. The summed E-state index contributed by atoms with van der Waals surface area (Å²) in [4.78, 5) is 18.5. The highest BCUT2D eigenvalue weighted by Crippen LogP contribution is 2.36. The lowest BCUT2D eigenvalue weighted by atomic mass is 9.92. The molecule has 2 heterocycles. The van der Waals surface area contributed by atoms with E-state index in [-0.39, 0.29) is 18.3 Å². The van der Waals surface area contributed by atoms with Crippen molar-refractivity contribution in [2.45, 2.75) is 19.1 Å². The van der Waals surface area contributed by atoms with E-state index in [1.54, 1.807) is 25.4 Å². The van der Waals surface area contributed by atoms with Gasteiger partial charge in [0.05, 0.1) is 18.3 Å². The Hall–Kier alpha value is -2.74. The summed E-state index contributed by atoms with van der Waals surface area (Å²) in [6, 6.07) is 6.99. The molecule has 136 valence electrons. The highest BCUT2D eigenvalue weighted by molar-refractivity contribution is 7.11. The molecule has 1 aliphatic heterocycles. The van der Waals surface area contributed by atoms with Gasteiger partial charge in [0.25, 0.3) is 5.91 Å². The summed E-state index contributed by atoms with van der Waals surface area (Å²) in [7, 11) is 1.65. The lowest BCUT2D eigenvalue weighted by Gasteiger charge is -2.37. The molecule has 2 aromatic rings. The van der Waals surface area contributed by atoms with Crippen LogP contribution in [0.5, 0.6) is 0 Å². The topological polar surface area (TPSA) is 83.6 Å². The molecular weight excluding hydrogens is 353 g/mol. The zero-order valence-electron chi connectivity index (χ0n) is 14.5. The Morgan fingerprint density at radius 3 is 2.85 bits per heavy atom. The fourth-order valence-corrected chi connectivity index (χ4v) is 3.62. The maximum absolute atomic E-state index is 14.5. The average Bonchev–Trinajstić information content (AvgIpc) is 3.18. The quantitative estimate of drug-likeness (QED) is 0.490. The number of carbonyl (C=O) groups excluding carboxylic acids is 1. The first-order valence-corrected chi connectivity index (χ1v) is 9.06. The molecule has 0 fully saturated rings. The van der Waals surface area contributed by atoms with Gasteiger partial charge in [-0.3, -0.25) is 4.79 Å². The number of halogens is 1. The van der Waals surface area contributed by atoms with Gasteiger partial charge in [0.15, 0.2) is 0 Å². The van der Waals surface area contributed by atoms with Crippen molar-refractivity contribution in [2.75, 3.05) is 13.6 Å². The minimum absolute atomic E-state index is 0.00682. The fraction of sp³-hybridized carbons (Fsp3) is 0.278. The van der Waals surface area contributed by atoms with Crippen molar-refractivity contribution in [3.8, 4) is 0 Å². The van der Waals surface area contributed by atoms with Crippen LogP contribution in [0.15, 0.2) is 52.7 Å². The van der Waals surface area contributed by atoms with Crippen LogP contribution in [0.1, 0.15) is 35.3 Å². The lowest BCUT2D eigenvalue weighted by Crippen LogP contribution is -2.42. The maximum Gasteiger partial charge on any atom is 0.270 e. The second-order valence-corrected chi connectivity index (χ2v) is 6.78. The molecule has 3 rings (SSSR count). The van der Waals surface area contributed by atoms with Gasteiger partial charge in [-0.05, 0) is 24.1 Å². The number of hydrogen-bond acceptors (Lipinski definition) is 6. The molecule has 3 N–H and O–H groups in total. The molecular formula is C18H20FN5OS. The predicted molar refractivity (Wildman–Crippen MR) is 100 cm³/mol. The Morgan fingerprint density at radius 2 is 2.19 bits per heavy atom. The first kappa shape index (κ1) is 18.1. The zero-order valence-corrected chi connectivity index (χ0v) is 15.3. The van der Waals surface area contributed by atoms with Gasteiger partial charge in [0.2, 0.25) is 0 Å². The smallest absolute Gasteiger partial charge is 0.270 e. The van der Waals surface area contributed by atoms with E-state index >= 15 is 0 Å². The van der Waals surface area contributed by atoms with Gasteiger partial charge in [-0.1, -0.05) is 24.3 Å². The fourth-order valence-electron chi connectivity index (χ4n) is 3.02. The molecule has 0 aliphatic carbocycles. The van der Waals surface area contributed by atoms with Crippen molar-refractivity contribution in [1.82, 2.24) is 15.3 Å². The minimum Gasteiger partial charge on any atom is -0.394 e. The second kappa shape index (κ2) is 7.65. The van der Waals surface area contributed by atoms with E-state index in [1.165, 1.54) is 22.3 Å². The molecule has 0 saturated carbocycles. The van der Waals surface area contributed by atoms with Gasteiger partial charge < -0.3 is 16.1 Å². The van der Waals surface area contributed by atoms with Crippen LogP contribution in [-0.2, 0) is 4.79 Å². The number of hydrogen-bond donors (Lipinski definition) is 2. The molecule has 8 heteroatoms. The zero-order chi connectivity index (χ0) is 18.7. The predicted octanol–water partition coefficient (Wildman–Crippen LogP) is 2.52. The van der Waals surface area contributed by atoms with Crippen molar-refractivity contribution in [3.63, 3.8) is 0 Å². The number of amides is 1. The summed E-state index contributed by atoms with van der Waals surface area (Å²) >= 11 is 1.38. The van der Waals surface area contributed by atoms with Crippen LogP contribution in [-0.4, -0.2) is 35.1 Å². The third kappa shape index (κ3) is 3.45. The molecule has 0 saturated heterocycles. The van der Waals surface area contributed by atoms with Crippen molar-refractivity contribution in [2.24, 2.45) is 10.8 Å². The van der Waals surface area contributed by atoms with Crippen LogP contribution in [0, 0.1) is 0 Å². The van der Waals surface area contributed by atoms with Gasteiger partial charge >= 0.3 is 0 Å². The highest BCUT2D eigenvalue weighted by Gasteiger charge is 2.34. The number of nitrogens with two attached hydrogens (primary N) is 1. The van der Waals surface area contributed by atoms with E-state index < -0.39 is 12.1 Å². The molecule has 26 heavy (non-hydrogen) atoms. The molecule has 0 bridgehead atoms. The van der Waals surface area contributed by atoms with Crippen molar-refractivity contribution >= 4 is 23.0 Å². The summed E-state index contributed by atoms with van der Waals surface area (Å²) in [6.07, 6.45) is 1.88. The van der Waals surface area contributed by atoms with E-state index in [2.05, 4.69) is 15.5 Å². The van der Waals surface area contributed by atoms with Crippen molar-refractivity contribution < 1.29 is 9.18 Å². The molecule has 0 spiro atoms. The number of thiazole rings is 1. The first-order valence-electron chi connectivity index (χ1n) is 8.18. The molecule has 1 aromatic carbocycles. The SMILES string of the molecule is CNN=C(C=C(N)C(=O)N1CC(F)c2ccccc2[C@H]1C)c1nccs1. The van der Waals surface area contributed by atoms with Crippen LogP contribution in [0.2, 0.25) is 0 Å². The molecule has 2 atom stereocenters. The Kier molecular flexibility index (Phi) is 5.32. The summed E-state index contributed by atoms with van der Waals surface area (Å²) in [5.74, 6) is -0.421. The van der Waals surface area contributed by atoms with Gasteiger partial charge in [-0.15, -0.1) is 11.3 Å².